The summed E-state index contributed by atoms with van der Waals surface area (Å²) in [6, 6.07) is 5.60. The van der Waals surface area contributed by atoms with Crippen molar-refractivity contribution in [3.05, 3.63) is 33.9 Å². The molecule has 3 rings (SSSR count). The number of hydrogen-bond acceptors (Lipinski definition) is 3. The molecule has 0 spiro atoms. The average Bonchev–Trinajstić information content (AvgIpc) is 2.95. The third-order valence-corrected chi connectivity index (χ3v) is 4.60. The molecule has 1 heterocycles. The summed E-state index contributed by atoms with van der Waals surface area (Å²) in [5, 5.41) is 14.3. The molecule has 2 aliphatic rings. The van der Waals surface area contributed by atoms with Gasteiger partial charge in [0.15, 0.2) is 0 Å². The minimum absolute atomic E-state index is 0.0554. The normalized spacial score (nSPS) is 31.6. The number of nitrogens with one attached hydrogen (secondary N) is 1. The molecule has 18 heavy (non-hydrogen) atoms. The summed E-state index contributed by atoms with van der Waals surface area (Å²) in [7, 11) is 0. The summed E-state index contributed by atoms with van der Waals surface area (Å²) in [4.78, 5) is 10.5. The summed E-state index contributed by atoms with van der Waals surface area (Å²) >= 11 is 0. The molecule has 1 aromatic carbocycles. The molecule has 4 nitrogen and oxygen atoms in total. The van der Waals surface area contributed by atoms with Crippen molar-refractivity contribution in [3.8, 4) is 0 Å². The second-order valence-corrected chi connectivity index (χ2v) is 6.21. The number of anilines is 1. The van der Waals surface area contributed by atoms with E-state index >= 15 is 0 Å². The van der Waals surface area contributed by atoms with E-state index in [-0.39, 0.29) is 16.0 Å². The molecule has 1 saturated carbocycles. The van der Waals surface area contributed by atoms with Crippen LogP contribution in [-0.4, -0.2) is 11.0 Å². The fourth-order valence-corrected chi connectivity index (χ4v) is 3.30. The molecule has 0 saturated heterocycles. The molecule has 0 bridgehead atoms. The van der Waals surface area contributed by atoms with E-state index < -0.39 is 0 Å². The van der Waals surface area contributed by atoms with Crippen molar-refractivity contribution in [1.82, 2.24) is 0 Å². The van der Waals surface area contributed by atoms with Crippen LogP contribution in [0.2, 0.25) is 0 Å². The molecule has 0 aromatic heterocycles. The van der Waals surface area contributed by atoms with Gasteiger partial charge in [0.25, 0.3) is 5.69 Å². The summed E-state index contributed by atoms with van der Waals surface area (Å²) < 4.78 is 0. The molecule has 1 fully saturated rings. The highest BCUT2D eigenvalue weighted by Crippen LogP contribution is 2.53. The number of non-ortho nitro benzene ring substituents is 1. The van der Waals surface area contributed by atoms with Crippen molar-refractivity contribution < 1.29 is 4.92 Å². The van der Waals surface area contributed by atoms with E-state index in [4.69, 9.17) is 0 Å². The van der Waals surface area contributed by atoms with Gasteiger partial charge in [-0.25, -0.2) is 0 Å². The third-order valence-electron chi connectivity index (χ3n) is 4.60. The highest BCUT2D eigenvalue weighted by atomic mass is 16.6. The van der Waals surface area contributed by atoms with Crippen LogP contribution >= 0.6 is 0 Å². The van der Waals surface area contributed by atoms with Gasteiger partial charge in [-0.3, -0.25) is 10.1 Å². The van der Waals surface area contributed by atoms with Crippen molar-refractivity contribution in [2.45, 2.75) is 38.6 Å². The van der Waals surface area contributed by atoms with Gasteiger partial charge in [0.2, 0.25) is 0 Å². The lowest BCUT2D eigenvalue weighted by Gasteiger charge is -2.28. The topological polar surface area (TPSA) is 55.2 Å². The molecular weight excluding hydrogens is 228 g/mol. The Bertz CT molecular complexity index is 525. The maximum absolute atomic E-state index is 10.8. The Morgan fingerprint density at radius 1 is 1.44 bits per heavy atom. The van der Waals surface area contributed by atoms with Gasteiger partial charge in [0.1, 0.15) is 0 Å². The molecule has 0 radical (unpaired) electrons. The summed E-state index contributed by atoms with van der Waals surface area (Å²) in [5.74, 6) is 1.47. The van der Waals surface area contributed by atoms with Gasteiger partial charge in [-0.05, 0) is 29.9 Å². The molecular formula is C14H18N2O2. The Kier molecular flexibility index (Phi) is 2.22. The number of nitro benzene ring substituents is 1. The largest absolute Gasteiger partial charge is 0.381 e. The minimum Gasteiger partial charge on any atom is -0.381 e. The van der Waals surface area contributed by atoms with Gasteiger partial charge in [-0.15, -0.1) is 0 Å². The van der Waals surface area contributed by atoms with Crippen LogP contribution < -0.4 is 5.32 Å². The smallest absolute Gasteiger partial charge is 0.271 e. The van der Waals surface area contributed by atoms with E-state index in [1.54, 1.807) is 12.1 Å². The Morgan fingerprint density at radius 2 is 2.11 bits per heavy atom. The summed E-state index contributed by atoms with van der Waals surface area (Å²) in [6.45, 7) is 6.73. The van der Waals surface area contributed by atoms with Gasteiger partial charge in [0.05, 0.1) is 4.92 Å². The number of nitrogens with zero attached hydrogens (tertiary/aromatic N) is 1. The van der Waals surface area contributed by atoms with Crippen molar-refractivity contribution in [2.75, 3.05) is 5.32 Å². The van der Waals surface area contributed by atoms with Crippen molar-refractivity contribution in [1.29, 1.82) is 0 Å². The van der Waals surface area contributed by atoms with Crippen LogP contribution in [0.15, 0.2) is 18.2 Å². The van der Waals surface area contributed by atoms with E-state index in [2.05, 4.69) is 26.1 Å². The first kappa shape index (κ1) is 11.5. The third kappa shape index (κ3) is 1.51. The molecule has 1 aromatic rings. The first-order chi connectivity index (χ1) is 8.41. The van der Waals surface area contributed by atoms with E-state index in [9.17, 15) is 10.1 Å². The SMILES string of the molecule is CC1C[C@H]1C1Nc2cc([N+](=O)[O-])ccc2C1(C)C. The average molecular weight is 246 g/mol. The van der Waals surface area contributed by atoms with Crippen LogP contribution in [0.1, 0.15) is 32.8 Å². The van der Waals surface area contributed by atoms with Crippen molar-refractivity contribution in [3.63, 3.8) is 0 Å². The summed E-state index contributed by atoms with van der Waals surface area (Å²) in [5.41, 5.74) is 2.37. The number of nitro groups is 1. The fraction of sp³-hybridized carbons (Fsp3) is 0.571. The number of fused-ring (bicyclic) bond motifs is 1. The van der Waals surface area contributed by atoms with Gasteiger partial charge in [0, 0.05) is 29.3 Å². The molecule has 2 unspecified atom stereocenters. The Balaban J connectivity index is 1.99. The Hall–Kier alpha value is -1.58. The lowest BCUT2D eigenvalue weighted by Crippen LogP contribution is -2.35. The van der Waals surface area contributed by atoms with Crippen molar-refractivity contribution in [2.24, 2.45) is 11.8 Å². The van der Waals surface area contributed by atoms with Gasteiger partial charge < -0.3 is 5.32 Å². The van der Waals surface area contributed by atoms with Crippen LogP contribution in [0.25, 0.3) is 0 Å². The second-order valence-electron chi connectivity index (χ2n) is 6.21. The monoisotopic (exact) mass is 246 g/mol. The zero-order chi connectivity index (χ0) is 13.1. The van der Waals surface area contributed by atoms with Gasteiger partial charge in [-0.2, -0.15) is 0 Å². The van der Waals surface area contributed by atoms with Crippen LogP contribution in [0, 0.1) is 22.0 Å². The van der Waals surface area contributed by atoms with Crippen LogP contribution in [0.4, 0.5) is 11.4 Å². The first-order valence-electron chi connectivity index (χ1n) is 6.46. The molecule has 96 valence electrons. The second kappa shape index (κ2) is 3.46. The molecule has 1 N–H and O–H groups in total. The zero-order valence-corrected chi connectivity index (χ0v) is 10.9. The summed E-state index contributed by atoms with van der Waals surface area (Å²) in [6.07, 6.45) is 1.26. The predicted molar refractivity (Wildman–Crippen MR) is 70.8 cm³/mol. The molecule has 1 aliphatic heterocycles. The highest BCUT2D eigenvalue weighted by Gasteiger charge is 2.50. The predicted octanol–water partition coefficient (Wildman–Crippen LogP) is 3.32. The van der Waals surface area contributed by atoms with E-state index in [0.29, 0.717) is 12.0 Å². The number of rotatable bonds is 2. The standard InChI is InChI=1S/C14H18N2O2/c1-8-6-10(8)13-14(2,3)11-5-4-9(16(17)18)7-12(11)15-13/h4-5,7-8,10,13,15H,6H2,1-3H3/t8?,10-,13?/m1/s1. The van der Waals surface area contributed by atoms with Crippen LogP contribution in [0.5, 0.6) is 0 Å². The Morgan fingerprint density at radius 3 is 2.67 bits per heavy atom. The zero-order valence-electron chi connectivity index (χ0n) is 10.9. The fourth-order valence-electron chi connectivity index (χ4n) is 3.30. The molecule has 3 atom stereocenters. The molecule has 1 aliphatic carbocycles. The lowest BCUT2D eigenvalue weighted by molar-refractivity contribution is -0.384. The van der Waals surface area contributed by atoms with Gasteiger partial charge >= 0.3 is 0 Å². The minimum atomic E-state index is -0.331. The van der Waals surface area contributed by atoms with Crippen molar-refractivity contribution >= 4 is 11.4 Å². The van der Waals surface area contributed by atoms with E-state index in [1.165, 1.54) is 12.0 Å². The van der Waals surface area contributed by atoms with Gasteiger partial charge in [-0.1, -0.05) is 20.8 Å². The quantitative estimate of drug-likeness (QED) is 0.643. The lowest BCUT2D eigenvalue weighted by atomic mass is 9.78. The maximum Gasteiger partial charge on any atom is 0.271 e. The first-order valence-corrected chi connectivity index (χ1v) is 6.46. The maximum atomic E-state index is 10.8. The molecule has 0 amide bonds. The van der Waals surface area contributed by atoms with E-state index in [0.717, 1.165) is 11.6 Å². The number of benzene rings is 1. The van der Waals surface area contributed by atoms with Crippen LogP contribution in [-0.2, 0) is 5.41 Å². The Labute approximate surface area is 107 Å². The molecule has 4 heteroatoms. The van der Waals surface area contributed by atoms with E-state index in [1.807, 2.05) is 6.07 Å². The highest BCUT2D eigenvalue weighted by molar-refractivity contribution is 5.65. The van der Waals surface area contributed by atoms with Crippen LogP contribution in [0.3, 0.4) is 0 Å². The number of hydrogen-bond donors (Lipinski definition) is 1.